The molecule has 2 aromatic carbocycles. The number of ether oxygens (including phenoxy) is 2. The van der Waals surface area contributed by atoms with Crippen LogP contribution in [0.3, 0.4) is 0 Å². The van der Waals surface area contributed by atoms with Crippen LogP contribution in [0.4, 0.5) is 14.7 Å². The molecule has 0 spiro atoms. The average molecular weight is 576 g/mol. The minimum absolute atomic E-state index is 0.0759. The molecular weight excluding hydrogens is 548 g/mol. The number of imidazole rings is 1. The first-order chi connectivity index (χ1) is 20.4. The molecule has 2 fully saturated rings. The van der Waals surface area contributed by atoms with E-state index in [1.165, 1.54) is 12.1 Å². The summed E-state index contributed by atoms with van der Waals surface area (Å²) in [5.74, 6) is -1.50. The minimum Gasteiger partial charge on any atom is -0.478 e. The molecule has 2 aliphatic heterocycles. The van der Waals surface area contributed by atoms with Crippen LogP contribution in [-0.4, -0.2) is 74.4 Å². The van der Waals surface area contributed by atoms with Crippen LogP contribution in [0.25, 0.3) is 11.0 Å². The number of halogens is 2. The number of piperazine rings is 1. The van der Waals surface area contributed by atoms with E-state index in [1.807, 2.05) is 11.0 Å². The van der Waals surface area contributed by atoms with Gasteiger partial charge in [0, 0.05) is 38.3 Å². The van der Waals surface area contributed by atoms with Gasteiger partial charge in [-0.05, 0) is 36.8 Å². The van der Waals surface area contributed by atoms with Crippen LogP contribution in [0.2, 0.25) is 0 Å². The lowest BCUT2D eigenvalue weighted by molar-refractivity contribution is -0.0592. The summed E-state index contributed by atoms with van der Waals surface area (Å²) in [7, 11) is 0. The number of benzene rings is 2. The number of carboxylic acids is 1. The summed E-state index contributed by atoms with van der Waals surface area (Å²) in [5, 5.41) is 18.4. The molecule has 6 rings (SSSR count). The normalized spacial score (nSPS) is 17.2. The Bertz CT molecular complexity index is 1680. The zero-order chi connectivity index (χ0) is 29.2. The molecule has 2 saturated heterocycles. The Morgan fingerprint density at radius 1 is 1.12 bits per heavy atom. The Hall–Kier alpha value is -4.67. The predicted octanol–water partition coefficient (Wildman–Crippen LogP) is 3.36. The number of anilines is 1. The minimum atomic E-state index is -0.986. The molecule has 13 heteroatoms. The highest BCUT2D eigenvalue weighted by Crippen LogP contribution is 2.25. The SMILES string of the molecule is N#Cc1ccc(COc2nc(N3CCN(Cc4nc5ccc(C(=O)O)cc5n4C[C@@H]4CCO4)CC3)ncc2F)c(F)c1. The molecule has 0 radical (unpaired) electrons. The highest BCUT2D eigenvalue weighted by molar-refractivity contribution is 5.92. The van der Waals surface area contributed by atoms with Crippen LogP contribution in [-0.2, 0) is 24.4 Å². The van der Waals surface area contributed by atoms with Gasteiger partial charge >= 0.3 is 5.97 Å². The van der Waals surface area contributed by atoms with Gasteiger partial charge in [-0.1, -0.05) is 6.07 Å². The maximum Gasteiger partial charge on any atom is 0.335 e. The van der Waals surface area contributed by atoms with Crippen molar-refractivity contribution in [2.24, 2.45) is 0 Å². The molecular formula is C29H27F2N7O4. The number of carbonyl (C=O) groups is 1. The van der Waals surface area contributed by atoms with E-state index in [0.29, 0.717) is 45.2 Å². The van der Waals surface area contributed by atoms with Crippen molar-refractivity contribution in [2.45, 2.75) is 32.2 Å². The molecule has 0 amide bonds. The van der Waals surface area contributed by atoms with Gasteiger partial charge in [0.2, 0.25) is 11.8 Å². The summed E-state index contributed by atoms with van der Waals surface area (Å²) in [6.45, 7) is 4.11. The Morgan fingerprint density at radius 3 is 2.62 bits per heavy atom. The number of nitriles is 1. The fourth-order valence-electron chi connectivity index (χ4n) is 5.04. The molecule has 4 heterocycles. The van der Waals surface area contributed by atoms with E-state index in [0.717, 1.165) is 42.1 Å². The van der Waals surface area contributed by atoms with Crippen LogP contribution in [0.5, 0.6) is 5.88 Å². The lowest BCUT2D eigenvalue weighted by Crippen LogP contribution is -2.47. The van der Waals surface area contributed by atoms with Gasteiger partial charge in [0.1, 0.15) is 18.2 Å². The summed E-state index contributed by atoms with van der Waals surface area (Å²) in [4.78, 5) is 28.9. The highest BCUT2D eigenvalue weighted by atomic mass is 19.1. The van der Waals surface area contributed by atoms with Gasteiger partial charge in [0.25, 0.3) is 5.88 Å². The van der Waals surface area contributed by atoms with Crippen molar-refractivity contribution in [1.82, 2.24) is 24.4 Å². The van der Waals surface area contributed by atoms with E-state index in [4.69, 9.17) is 19.7 Å². The van der Waals surface area contributed by atoms with Crippen molar-refractivity contribution in [3.63, 3.8) is 0 Å². The average Bonchev–Trinajstić information content (AvgIpc) is 3.31. The van der Waals surface area contributed by atoms with Crippen molar-refractivity contribution < 1.29 is 28.2 Å². The molecule has 4 aromatic rings. The number of rotatable bonds is 9. The van der Waals surface area contributed by atoms with Gasteiger partial charge in [-0.15, -0.1) is 0 Å². The number of hydrogen-bond acceptors (Lipinski definition) is 9. The van der Waals surface area contributed by atoms with E-state index >= 15 is 0 Å². The van der Waals surface area contributed by atoms with E-state index in [1.54, 1.807) is 18.2 Å². The maximum absolute atomic E-state index is 14.4. The Balaban J connectivity index is 1.12. The largest absolute Gasteiger partial charge is 0.478 e. The molecule has 216 valence electrons. The molecule has 1 atom stereocenters. The van der Waals surface area contributed by atoms with E-state index in [9.17, 15) is 18.7 Å². The van der Waals surface area contributed by atoms with Crippen LogP contribution in [0.15, 0.2) is 42.6 Å². The molecule has 1 N–H and O–H groups in total. The first kappa shape index (κ1) is 27.5. The van der Waals surface area contributed by atoms with Gasteiger partial charge < -0.3 is 24.0 Å². The van der Waals surface area contributed by atoms with Crippen LogP contribution >= 0.6 is 0 Å². The van der Waals surface area contributed by atoms with Crippen molar-refractivity contribution >= 4 is 23.0 Å². The third kappa shape index (κ3) is 5.72. The molecule has 2 aromatic heterocycles. The van der Waals surface area contributed by atoms with Gasteiger partial charge in [0.15, 0.2) is 0 Å². The molecule has 0 unspecified atom stereocenters. The zero-order valence-electron chi connectivity index (χ0n) is 22.5. The number of aromatic nitrogens is 4. The Kier molecular flexibility index (Phi) is 7.64. The zero-order valence-corrected chi connectivity index (χ0v) is 22.5. The van der Waals surface area contributed by atoms with Crippen LogP contribution in [0, 0.1) is 23.0 Å². The molecule has 42 heavy (non-hydrogen) atoms. The van der Waals surface area contributed by atoms with Crippen molar-refractivity contribution in [3.05, 3.63) is 76.7 Å². The van der Waals surface area contributed by atoms with Crippen LogP contribution in [0.1, 0.15) is 33.7 Å². The monoisotopic (exact) mass is 575 g/mol. The van der Waals surface area contributed by atoms with Gasteiger partial charge in [-0.3, -0.25) is 4.90 Å². The Morgan fingerprint density at radius 2 is 1.93 bits per heavy atom. The van der Waals surface area contributed by atoms with E-state index in [2.05, 4.69) is 19.4 Å². The fourth-order valence-corrected chi connectivity index (χ4v) is 5.04. The molecule has 11 nitrogen and oxygen atoms in total. The standard InChI is InChI=1S/C29H27F2N7O4/c30-22-11-18(13-32)1-2-20(22)17-42-27-23(31)14-33-29(35-27)37-8-6-36(7-9-37)16-26-34-24-4-3-19(28(39)40)12-25(24)38(26)15-21-5-10-41-21/h1-4,11-12,14,21H,5-10,15-17H2,(H,39,40)/t21-/m0/s1. The first-order valence-corrected chi connectivity index (χ1v) is 13.5. The first-order valence-electron chi connectivity index (χ1n) is 13.5. The van der Waals surface area contributed by atoms with E-state index in [-0.39, 0.29) is 35.3 Å². The topological polar surface area (TPSA) is 130 Å². The summed E-state index contributed by atoms with van der Waals surface area (Å²) in [6, 6.07) is 10.8. The molecule has 0 bridgehead atoms. The quantitative estimate of drug-likeness (QED) is 0.317. The molecule has 0 aliphatic carbocycles. The summed E-state index contributed by atoms with van der Waals surface area (Å²) >= 11 is 0. The third-order valence-electron chi connectivity index (χ3n) is 7.52. The fraction of sp³-hybridized carbons (Fsp3) is 0.345. The van der Waals surface area contributed by atoms with Crippen molar-refractivity contribution in [2.75, 3.05) is 37.7 Å². The highest BCUT2D eigenvalue weighted by Gasteiger charge is 2.26. The lowest BCUT2D eigenvalue weighted by Gasteiger charge is -2.35. The number of carboxylic acid groups (broad SMARTS) is 1. The predicted molar refractivity (Wildman–Crippen MR) is 146 cm³/mol. The van der Waals surface area contributed by atoms with Crippen molar-refractivity contribution in [3.8, 4) is 11.9 Å². The molecule has 0 saturated carbocycles. The summed E-state index contributed by atoms with van der Waals surface area (Å²) in [6.07, 6.45) is 2.06. The summed E-state index contributed by atoms with van der Waals surface area (Å²) in [5.41, 5.74) is 2.08. The number of hydrogen-bond donors (Lipinski definition) is 1. The summed E-state index contributed by atoms with van der Waals surface area (Å²) < 4.78 is 41.8. The lowest BCUT2D eigenvalue weighted by atomic mass is 10.1. The number of fused-ring (bicyclic) bond motifs is 1. The number of aromatic carboxylic acids is 1. The van der Waals surface area contributed by atoms with Crippen molar-refractivity contribution in [1.29, 1.82) is 5.26 Å². The smallest absolute Gasteiger partial charge is 0.335 e. The second kappa shape index (κ2) is 11.7. The van der Waals surface area contributed by atoms with Gasteiger partial charge in [-0.25, -0.2) is 19.2 Å². The maximum atomic E-state index is 14.4. The Labute approximate surface area is 239 Å². The van der Waals surface area contributed by atoms with E-state index < -0.39 is 17.6 Å². The second-order valence-electron chi connectivity index (χ2n) is 10.2. The molecule has 2 aliphatic rings. The second-order valence-corrected chi connectivity index (χ2v) is 10.2. The number of nitrogens with zero attached hydrogens (tertiary/aromatic N) is 7. The van der Waals surface area contributed by atoms with Crippen LogP contribution < -0.4 is 9.64 Å². The van der Waals surface area contributed by atoms with Gasteiger partial charge in [0.05, 0.1) is 53.6 Å². The third-order valence-corrected chi connectivity index (χ3v) is 7.52. The van der Waals surface area contributed by atoms with Gasteiger partial charge in [-0.2, -0.15) is 14.6 Å².